The number of halogens is 2. The average Bonchev–Trinajstić information content (AvgIpc) is 1.62. The van der Waals surface area contributed by atoms with Crippen LogP contribution in [0.25, 0.3) is 0 Å². The van der Waals surface area contributed by atoms with Crippen molar-refractivity contribution >= 4 is 144 Å². The van der Waals surface area contributed by atoms with Gasteiger partial charge in [-0.15, -0.1) is 35.3 Å². The molecule has 10 aliphatic heterocycles. The van der Waals surface area contributed by atoms with Crippen molar-refractivity contribution < 1.29 is 97.0 Å². The first-order chi connectivity index (χ1) is 46.6. The van der Waals surface area contributed by atoms with Crippen LogP contribution in [0, 0.1) is 29.6 Å². The molecule has 17 atom stereocenters. The minimum absolute atomic E-state index is 0.0447. The van der Waals surface area contributed by atoms with E-state index >= 15 is 0 Å². The second kappa shape index (κ2) is 33.9. The van der Waals surface area contributed by atoms with E-state index in [9.17, 15) is 87.9 Å². The molecule has 10 aliphatic rings. The molecule has 99 heavy (non-hydrogen) atoms. The quantitative estimate of drug-likeness (QED) is 0.0169. The number of fused-ring (bicyclic) bond motifs is 5. The zero-order chi connectivity index (χ0) is 73.7. The van der Waals surface area contributed by atoms with Gasteiger partial charge >= 0.3 is 14.2 Å². The SMILES string of the molecule is CC(=O)C1=C(O[P+](=O)Oc2ccc(Cl)cc2Cl)CC2[C@@H]([C@@H](C)O)C(=O)N12.CC(=O)C1=C(SCCN)CC2[C@@H](C(C)O)C(=O)N12.CC(=O)C1=C(SCCN=CN)CC2[C@@H](C(C)O)C(=O)N12.CC(=O)C1C(=O)CC2[C@@H]([C@@H](C)O)C(=O)N12.CC(O)[C@H]1C(=O)N2C(C(=O)O)=C(SCCN=CN)CC12. The molecule has 1 aromatic carbocycles. The van der Waals surface area contributed by atoms with E-state index in [1.165, 1.54) is 111 Å². The fraction of sp³-hybridized carbons (Fsp3) is 0.571. The number of β-lactam (4-membered cyclic amide) rings is 5. The number of allylic oxidation sites excluding steroid dienone is 3. The van der Waals surface area contributed by atoms with Gasteiger partial charge in [-0.05, 0) is 59.7 Å². The molecule has 0 radical (unpaired) electrons. The summed E-state index contributed by atoms with van der Waals surface area (Å²) in [6.07, 6.45) is 0.942. The summed E-state index contributed by atoms with van der Waals surface area (Å²) in [4.78, 5) is 146. The lowest BCUT2D eigenvalue weighted by molar-refractivity contribution is -0.165. The third-order valence-corrected chi connectivity index (χ3v) is 22.6. The number of aliphatic imine (C=N–C) groups is 2. The van der Waals surface area contributed by atoms with E-state index in [4.69, 9.17) is 49.5 Å². The topological polar surface area (TPSA) is 464 Å². The largest absolute Gasteiger partial charge is 0.805 e. The fourth-order valence-corrected chi connectivity index (χ4v) is 18.3. The molecule has 0 aliphatic carbocycles. The number of carboxylic acids is 1. The Balaban J connectivity index is 0.000000176. The Morgan fingerprint density at radius 3 is 1.30 bits per heavy atom. The zero-order valence-corrected chi connectivity index (χ0v) is 60.4. The lowest BCUT2D eigenvalue weighted by atomic mass is 9.83. The van der Waals surface area contributed by atoms with Crippen LogP contribution in [0.2, 0.25) is 10.0 Å². The number of hydrogen-bond acceptors (Lipinski definition) is 25. The van der Waals surface area contributed by atoms with Gasteiger partial charge in [-0.1, -0.05) is 23.2 Å². The lowest BCUT2D eigenvalue weighted by Crippen LogP contribution is -2.64. The molecule has 5 amide bonds. The van der Waals surface area contributed by atoms with Gasteiger partial charge in [0, 0.05) is 101 Å². The van der Waals surface area contributed by atoms with Crippen LogP contribution in [-0.2, 0) is 61.8 Å². The number of Topliss-reactive ketones (excluding diaryl/α,β-unsaturated/α-hetero) is 5. The van der Waals surface area contributed by atoms with Gasteiger partial charge in [0.25, 0.3) is 0 Å². The second-order valence-electron chi connectivity index (χ2n) is 24.7. The summed E-state index contributed by atoms with van der Waals surface area (Å²) in [6, 6.07) is 2.49. The molecule has 1 aromatic rings. The molecule has 12 N–H and O–H groups in total. The Morgan fingerprint density at radius 2 is 0.939 bits per heavy atom. The summed E-state index contributed by atoms with van der Waals surface area (Å²) in [5.74, 6) is -3.50. The first kappa shape index (κ1) is 79.7. The third-order valence-electron chi connectivity index (χ3n) is 18.0. The van der Waals surface area contributed by atoms with Crippen molar-refractivity contribution in [3.8, 4) is 5.75 Å². The fourth-order valence-electron chi connectivity index (χ4n) is 13.9. The van der Waals surface area contributed by atoms with E-state index < -0.39 is 74.3 Å². The number of aliphatic hydroxyl groups is 5. The monoisotopic (exact) mass is 1500 g/mol. The molecule has 11 rings (SSSR count). The van der Waals surface area contributed by atoms with Crippen molar-refractivity contribution in [2.45, 2.75) is 161 Å². The summed E-state index contributed by atoms with van der Waals surface area (Å²) in [5, 5.41) is 57.8. The maximum Gasteiger partial charge on any atom is 0.805 e. The van der Waals surface area contributed by atoms with Crippen molar-refractivity contribution in [2.75, 3.05) is 36.9 Å². The summed E-state index contributed by atoms with van der Waals surface area (Å²) >= 11 is 16.2. The van der Waals surface area contributed by atoms with Crippen LogP contribution in [0.5, 0.6) is 5.75 Å². The van der Waals surface area contributed by atoms with Crippen LogP contribution in [-0.4, -0.2) is 236 Å². The minimum Gasteiger partial charge on any atom is -0.477 e. The molecule has 10 unspecified atom stereocenters. The summed E-state index contributed by atoms with van der Waals surface area (Å²) in [5.41, 5.74) is 16.9. The summed E-state index contributed by atoms with van der Waals surface area (Å²) in [7, 11) is -2.69. The molecule has 30 nitrogen and oxygen atoms in total. The van der Waals surface area contributed by atoms with Gasteiger partial charge in [0.05, 0.1) is 133 Å². The van der Waals surface area contributed by atoms with Gasteiger partial charge in [0.15, 0.2) is 34.7 Å². The van der Waals surface area contributed by atoms with Gasteiger partial charge in [-0.25, -0.2) is 13.8 Å². The van der Waals surface area contributed by atoms with Gasteiger partial charge in [-0.3, -0.25) is 57.9 Å². The van der Waals surface area contributed by atoms with Crippen molar-refractivity contribution in [2.24, 2.45) is 56.8 Å². The average molecular weight is 1500 g/mol. The number of amides is 5. The van der Waals surface area contributed by atoms with Gasteiger partial charge < -0.3 is 72.3 Å². The third kappa shape index (κ3) is 16.5. The highest BCUT2D eigenvalue weighted by molar-refractivity contribution is 8.03. The van der Waals surface area contributed by atoms with Crippen molar-refractivity contribution in [1.82, 2.24) is 24.5 Å². The number of ketones is 5. The number of carbonyl (C=O) groups excluding carboxylic acids is 10. The van der Waals surface area contributed by atoms with E-state index in [-0.39, 0.29) is 135 Å². The lowest BCUT2D eigenvalue weighted by Gasteiger charge is -2.45. The van der Waals surface area contributed by atoms with Crippen molar-refractivity contribution in [3.05, 3.63) is 71.5 Å². The second-order valence-corrected chi connectivity index (χ2v) is 30.0. The Labute approximate surface area is 594 Å². The predicted molar refractivity (Wildman–Crippen MR) is 367 cm³/mol. The molecule has 0 spiro atoms. The molecule has 0 saturated carbocycles. The molecule has 36 heteroatoms. The number of thioether (sulfide) groups is 3. The maximum absolute atomic E-state index is 12.2. The molecular weight excluding hydrogens is 1410 g/mol. The van der Waals surface area contributed by atoms with E-state index in [2.05, 4.69) is 9.98 Å². The molecule has 0 bridgehead atoms. The first-order valence-electron chi connectivity index (χ1n) is 31.6. The van der Waals surface area contributed by atoms with E-state index in [1.54, 1.807) is 42.3 Å². The minimum atomic E-state index is -2.69. The smallest absolute Gasteiger partial charge is 0.477 e. The maximum atomic E-state index is 12.2. The van der Waals surface area contributed by atoms with E-state index in [0.717, 1.165) is 15.6 Å². The molecule has 6 fully saturated rings. The first-order valence-corrected chi connectivity index (χ1v) is 36.5. The Morgan fingerprint density at radius 1 is 0.566 bits per heavy atom. The number of carboxylic acid groups (broad SMARTS) is 1. The van der Waals surface area contributed by atoms with Gasteiger partial charge in [0.1, 0.15) is 17.4 Å². The normalized spacial score (nSPS) is 27.6. The van der Waals surface area contributed by atoms with E-state index in [1.807, 2.05) is 0 Å². The number of nitrogens with two attached hydrogens (primary N) is 3. The molecular formula is C63H82Cl2N10O20PS3+. The van der Waals surface area contributed by atoms with Crippen LogP contribution in [0.1, 0.15) is 94.4 Å². The van der Waals surface area contributed by atoms with Crippen LogP contribution >= 0.6 is 66.7 Å². The van der Waals surface area contributed by atoms with Crippen molar-refractivity contribution in [1.29, 1.82) is 0 Å². The van der Waals surface area contributed by atoms with E-state index in [0.29, 0.717) is 71.7 Å². The molecule has 540 valence electrons. The number of benzene rings is 1. The number of carbonyl (C=O) groups is 11. The van der Waals surface area contributed by atoms with Crippen LogP contribution in [0.15, 0.2) is 71.4 Å². The standard InChI is InChI=1S/C16H15Cl2NO6P.C13H19N3O3S.C12H17N3O4S.C12H18N2O3S.C10H13NO4/c1-7(20)14-11-6-13(15(8(2)21)19(11)16(14)22)25-26(23)24-12-4-3-9(17)5-10(12)18;1-7(17)11-9-5-10(20-4-3-15-6-14)12(8(2)18)16(9)13(11)19;1-6(16)9-7-4-8(20-3-2-14-5-13)10(12(18)19)15(7)11(9)17;1-6(15)10-8-5-9(18-4-3-13)11(7(2)16)14(8)12(10)17;1-4(12)8-6-3-7(14)9(5(2)13)11(6)10(8)15/h3-5,7,11,14,20H,6H2,1-2H3;6-7,9,11,17H,3-5H2,1-2H3,(H2,14,15);5-7,9,16H,2-4H2,1H3,(H2,13,14)(H,18,19);6,8,10,15H,3-5,13H2,1-2H3;4,6,8-9,12H,3H2,1-2H3/q+1;;;;/t7-,11?,14-;7?,9?,11-;6?,7?,9-;6?,8?,10-;4-,6?,8-,9?/m11111/s1. The molecule has 0 aromatic heterocycles. The number of rotatable bonds is 25. The number of nitrogens with zero attached hydrogens (tertiary/aromatic N) is 7. The van der Waals surface area contributed by atoms with Gasteiger partial charge in [0.2, 0.25) is 35.3 Å². The van der Waals surface area contributed by atoms with Crippen LogP contribution < -0.4 is 21.7 Å². The van der Waals surface area contributed by atoms with Gasteiger partial charge in [-0.2, -0.15) is 0 Å². The van der Waals surface area contributed by atoms with Crippen LogP contribution in [0.4, 0.5) is 0 Å². The number of hydrogen-bond donors (Lipinski definition) is 9. The predicted octanol–water partition coefficient (Wildman–Crippen LogP) is 2.41. The summed E-state index contributed by atoms with van der Waals surface area (Å²) in [6.45, 7) is 15.0. The molecule has 6 saturated heterocycles. The van der Waals surface area contributed by atoms with Crippen molar-refractivity contribution in [3.63, 3.8) is 0 Å². The van der Waals surface area contributed by atoms with Crippen LogP contribution in [0.3, 0.4) is 0 Å². The summed E-state index contributed by atoms with van der Waals surface area (Å²) < 4.78 is 22.7. The highest BCUT2D eigenvalue weighted by Crippen LogP contribution is 2.51. The Bertz CT molecular complexity index is 3550. The molecule has 10 heterocycles. The highest BCUT2D eigenvalue weighted by atomic mass is 35.5. The Hall–Kier alpha value is -6.62. The zero-order valence-electron chi connectivity index (χ0n) is 55.6. The Kier molecular flexibility index (Phi) is 27.3. The highest BCUT2D eigenvalue weighted by Gasteiger charge is 2.62. The number of aliphatic hydroxyl groups excluding tert-OH is 5. The number of aliphatic carboxylic acids is 1.